The quantitative estimate of drug-likeness (QED) is 0.751. The van der Waals surface area contributed by atoms with Crippen LogP contribution in [0.4, 0.5) is 0 Å². The molecule has 0 fully saturated rings. The molecule has 0 aliphatic heterocycles. The van der Waals surface area contributed by atoms with Gasteiger partial charge in [0.25, 0.3) is 0 Å². The van der Waals surface area contributed by atoms with Crippen LogP contribution >= 0.6 is 0 Å². The minimum atomic E-state index is -0.445. The molecule has 0 unspecified atom stereocenters. The highest BCUT2D eigenvalue weighted by atomic mass is 16.5. The van der Waals surface area contributed by atoms with Crippen LogP contribution in [0, 0.1) is 12.8 Å². The van der Waals surface area contributed by atoms with E-state index < -0.39 is 6.04 Å². The average Bonchev–Trinajstić information content (AvgIpc) is 2.63. The summed E-state index contributed by atoms with van der Waals surface area (Å²) in [6.45, 7) is 6.29. The van der Waals surface area contributed by atoms with Gasteiger partial charge in [-0.1, -0.05) is 19.0 Å². The van der Waals surface area contributed by atoms with Crippen LogP contribution in [0.25, 0.3) is 0 Å². The van der Waals surface area contributed by atoms with E-state index in [4.69, 9.17) is 10.3 Å². The first-order chi connectivity index (χ1) is 7.99. The van der Waals surface area contributed by atoms with Gasteiger partial charge < -0.3 is 15.6 Å². The molecule has 1 atom stereocenters. The Balaban J connectivity index is 2.24. The van der Waals surface area contributed by atoms with Crippen molar-refractivity contribution in [3.8, 4) is 0 Å². The van der Waals surface area contributed by atoms with E-state index in [0.29, 0.717) is 37.0 Å². The lowest BCUT2D eigenvalue weighted by molar-refractivity contribution is -0.122. The summed E-state index contributed by atoms with van der Waals surface area (Å²) in [4.78, 5) is 15.6. The molecule has 0 saturated carbocycles. The molecule has 6 nitrogen and oxygen atoms in total. The van der Waals surface area contributed by atoms with Gasteiger partial charge in [0.15, 0.2) is 5.82 Å². The predicted molar refractivity (Wildman–Crippen MR) is 63.2 cm³/mol. The standard InChI is InChI=1S/C11H20N4O2/c1-7(2)6-9(12)11(16)13-5-4-10-14-8(3)15-17-10/h7,9H,4-6,12H2,1-3H3,(H,13,16)/t9-/m0/s1. The number of hydrogen-bond acceptors (Lipinski definition) is 5. The fourth-order valence-electron chi connectivity index (χ4n) is 1.48. The van der Waals surface area contributed by atoms with Crippen molar-refractivity contribution in [1.82, 2.24) is 15.5 Å². The third-order valence-electron chi connectivity index (χ3n) is 2.27. The molecule has 0 aliphatic rings. The van der Waals surface area contributed by atoms with Crippen molar-refractivity contribution in [2.75, 3.05) is 6.54 Å². The second-order valence-corrected chi connectivity index (χ2v) is 4.51. The normalized spacial score (nSPS) is 12.8. The molecule has 1 aromatic rings. The molecule has 1 amide bonds. The summed E-state index contributed by atoms with van der Waals surface area (Å²) in [5, 5.41) is 6.42. The van der Waals surface area contributed by atoms with E-state index in [0.717, 1.165) is 0 Å². The van der Waals surface area contributed by atoms with Gasteiger partial charge in [0.2, 0.25) is 11.8 Å². The Morgan fingerprint density at radius 3 is 2.76 bits per heavy atom. The third-order valence-corrected chi connectivity index (χ3v) is 2.27. The van der Waals surface area contributed by atoms with Crippen molar-refractivity contribution < 1.29 is 9.32 Å². The highest BCUT2D eigenvalue weighted by Gasteiger charge is 2.14. The molecule has 96 valence electrons. The van der Waals surface area contributed by atoms with E-state index >= 15 is 0 Å². The summed E-state index contributed by atoms with van der Waals surface area (Å²) >= 11 is 0. The van der Waals surface area contributed by atoms with Gasteiger partial charge >= 0.3 is 0 Å². The number of aryl methyl sites for hydroxylation is 1. The molecule has 6 heteroatoms. The summed E-state index contributed by atoms with van der Waals surface area (Å²) in [5.41, 5.74) is 5.74. The van der Waals surface area contributed by atoms with Gasteiger partial charge in [-0.05, 0) is 19.3 Å². The molecule has 0 spiro atoms. The molecule has 17 heavy (non-hydrogen) atoms. The second kappa shape index (κ2) is 6.34. The lowest BCUT2D eigenvalue weighted by Crippen LogP contribution is -2.42. The van der Waals surface area contributed by atoms with E-state index in [1.165, 1.54) is 0 Å². The first-order valence-electron chi connectivity index (χ1n) is 5.81. The third kappa shape index (κ3) is 4.95. The minimum Gasteiger partial charge on any atom is -0.354 e. The van der Waals surface area contributed by atoms with Crippen LogP contribution in [0.15, 0.2) is 4.52 Å². The Kier molecular flexibility index (Phi) is 5.09. The van der Waals surface area contributed by atoms with E-state index in [2.05, 4.69) is 15.5 Å². The number of amides is 1. The zero-order chi connectivity index (χ0) is 12.8. The van der Waals surface area contributed by atoms with Crippen LogP contribution in [0.2, 0.25) is 0 Å². The smallest absolute Gasteiger partial charge is 0.236 e. The van der Waals surface area contributed by atoms with Crippen LogP contribution in [0.3, 0.4) is 0 Å². The first-order valence-corrected chi connectivity index (χ1v) is 5.81. The number of carbonyl (C=O) groups is 1. The Hall–Kier alpha value is -1.43. The maximum Gasteiger partial charge on any atom is 0.236 e. The number of aromatic nitrogens is 2. The van der Waals surface area contributed by atoms with Gasteiger partial charge in [-0.3, -0.25) is 4.79 Å². The predicted octanol–water partition coefficient (Wildman–Crippen LogP) is 0.410. The minimum absolute atomic E-state index is 0.130. The molecule has 0 saturated heterocycles. The summed E-state index contributed by atoms with van der Waals surface area (Å²) in [7, 11) is 0. The Labute approximate surface area is 101 Å². The van der Waals surface area contributed by atoms with Crippen LogP contribution in [0.1, 0.15) is 32.0 Å². The van der Waals surface area contributed by atoms with E-state index in [9.17, 15) is 4.79 Å². The number of nitrogens with one attached hydrogen (secondary N) is 1. The molecular formula is C11H20N4O2. The molecule has 1 aromatic heterocycles. The molecule has 0 aromatic carbocycles. The van der Waals surface area contributed by atoms with Crippen molar-refractivity contribution >= 4 is 5.91 Å². The first kappa shape index (κ1) is 13.6. The van der Waals surface area contributed by atoms with Crippen LogP contribution < -0.4 is 11.1 Å². The number of hydrogen-bond donors (Lipinski definition) is 2. The van der Waals surface area contributed by atoms with Crippen molar-refractivity contribution in [3.05, 3.63) is 11.7 Å². The van der Waals surface area contributed by atoms with Gasteiger partial charge in [0.05, 0.1) is 6.04 Å². The SMILES string of the molecule is Cc1noc(CCNC(=O)[C@@H](N)CC(C)C)n1. The summed E-state index contributed by atoms with van der Waals surface area (Å²) < 4.78 is 4.93. The Bertz CT molecular complexity index is 362. The Morgan fingerprint density at radius 2 is 2.24 bits per heavy atom. The zero-order valence-corrected chi connectivity index (χ0v) is 10.6. The molecule has 1 rings (SSSR count). The largest absolute Gasteiger partial charge is 0.354 e. The number of nitrogens with two attached hydrogens (primary N) is 1. The van der Waals surface area contributed by atoms with Gasteiger partial charge in [-0.2, -0.15) is 4.98 Å². The van der Waals surface area contributed by atoms with Crippen molar-refractivity contribution in [1.29, 1.82) is 0 Å². The molecule has 0 radical (unpaired) electrons. The zero-order valence-electron chi connectivity index (χ0n) is 10.6. The summed E-state index contributed by atoms with van der Waals surface area (Å²) in [6, 6.07) is -0.445. The number of rotatable bonds is 6. The topological polar surface area (TPSA) is 94.0 Å². The monoisotopic (exact) mass is 240 g/mol. The van der Waals surface area contributed by atoms with E-state index in [1.54, 1.807) is 6.92 Å². The van der Waals surface area contributed by atoms with Gasteiger partial charge in [0, 0.05) is 13.0 Å². The lowest BCUT2D eigenvalue weighted by atomic mass is 10.0. The van der Waals surface area contributed by atoms with Crippen LogP contribution in [-0.4, -0.2) is 28.6 Å². The van der Waals surface area contributed by atoms with Crippen molar-refractivity contribution in [2.24, 2.45) is 11.7 Å². The van der Waals surface area contributed by atoms with Crippen molar-refractivity contribution in [2.45, 2.75) is 39.7 Å². The lowest BCUT2D eigenvalue weighted by Gasteiger charge is -2.13. The molecule has 1 heterocycles. The highest BCUT2D eigenvalue weighted by molar-refractivity contribution is 5.81. The molecule has 0 aliphatic carbocycles. The fraction of sp³-hybridized carbons (Fsp3) is 0.727. The molecule has 0 bridgehead atoms. The van der Waals surface area contributed by atoms with Gasteiger partial charge in [-0.15, -0.1) is 0 Å². The summed E-state index contributed by atoms with van der Waals surface area (Å²) in [6.07, 6.45) is 1.21. The summed E-state index contributed by atoms with van der Waals surface area (Å²) in [5.74, 6) is 1.41. The fourth-order valence-corrected chi connectivity index (χ4v) is 1.48. The average molecular weight is 240 g/mol. The molecule has 3 N–H and O–H groups in total. The van der Waals surface area contributed by atoms with Gasteiger partial charge in [-0.25, -0.2) is 0 Å². The maximum atomic E-state index is 11.6. The van der Waals surface area contributed by atoms with Gasteiger partial charge in [0.1, 0.15) is 0 Å². The van der Waals surface area contributed by atoms with E-state index in [-0.39, 0.29) is 5.91 Å². The maximum absolute atomic E-state index is 11.6. The van der Waals surface area contributed by atoms with E-state index in [1.807, 2.05) is 13.8 Å². The Morgan fingerprint density at radius 1 is 1.53 bits per heavy atom. The number of carbonyl (C=O) groups excluding carboxylic acids is 1. The molecular weight excluding hydrogens is 220 g/mol. The van der Waals surface area contributed by atoms with Crippen LogP contribution in [0.5, 0.6) is 0 Å². The highest BCUT2D eigenvalue weighted by Crippen LogP contribution is 2.02. The van der Waals surface area contributed by atoms with Crippen LogP contribution in [-0.2, 0) is 11.2 Å². The van der Waals surface area contributed by atoms with Crippen molar-refractivity contribution in [3.63, 3.8) is 0 Å². The second-order valence-electron chi connectivity index (χ2n) is 4.51. The number of nitrogens with zero attached hydrogens (tertiary/aromatic N) is 2.